The first-order valence-corrected chi connectivity index (χ1v) is 4.68. The van der Waals surface area contributed by atoms with Crippen LogP contribution in [0.4, 0.5) is 0 Å². The largest absolute Gasteiger partial charge is 0.495 e. The van der Waals surface area contributed by atoms with Crippen molar-refractivity contribution in [1.29, 1.82) is 0 Å². The number of hydrogen-bond donors (Lipinski definition) is 0. The Morgan fingerprint density at radius 2 is 2.23 bits per heavy atom. The fourth-order valence-electron chi connectivity index (χ4n) is 0.957. The van der Waals surface area contributed by atoms with Gasteiger partial charge in [0.2, 0.25) is 0 Å². The van der Waals surface area contributed by atoms with Gasteiger partial charge in [-0.25, -0.2) is 0 Å². The van der Waals surface area contributed by atoms with Crippen molar-refractivity contribution in [1.82, 2.24) is 0 Å². The average Bonchev–Trinajstić information content (AvgIpc) is 2.17. The van der Waals surface area contributed by atoms with Crippen molar-refractivity contribution >= 4 is 28.8 Å². The van der Waals surface area contributed by atoms with Gasteiger partial charge in [-0.1, -0.05) is 24.2 Å². The third-order valence-electron chi connectivity index (χ3n) is 1.72. The minimum atomic E-state index is 0.408. The Kier molecular flexibility index (Phi) is 3.64. The highest BCUT2D eigenvalue weighted by molar-refractivity contribution is 6.32. The lowest BCUT2D eigenvalue weighted by Crippen LogP contribution is -1.88. The predicted molar refractivity (Wildman–Crippen MR) is 57.8 cm³/mol. The van der Waals surface area contributed by atoms with Crippen LogP contribution in [0.15, 0.2) is 24.8 Å². The molecular weight excluding hydrogens is 207 g/mol. The summed E-state index contributed by atoms with van der Waals surface area (Å²) < 4.78 is 5.06. The predicted octanol–water partition coefficient (Wildman–Crippen LogP) is 3.60. The van der Waals surface area contributed by atoms with Gasteiger partial charge in [0, 0.05) is 5.88 Å². The molecule has 0 aliphatic carbocycles. The molecule has 0 unspecified atom stereocenters. The molecule has 0 saturated carbocycles. The van der Waals surface area contributed by atoms with Crippen LogP contribution in [0.3, 0.4) is 0 Å². The summed E-state index contributed by atoms with van der Waals surface area (Å²) in [5, 5.41) is 0.591. The Morgan fingerprint density at radius 1 is 1.54 bits per heavy atom. The molecule has 0 bridgehead atoms. The average molecular weight is 217 g/mol. The van der Waals surface area contributed by atoms with Gasteiger partial charge in [0.25, 0.3) is 0 Å². The van der Waals surface area contributed by atoms with E-state index < -0.39 is 0 Å². The van der Waals surface area contributed by atoms with Crippen LogP contribution in [0.2, 0.25) is 5.02 Å². The molecule has 1 nitrogen and oxygen atoms in total. The van der Waals surface area contributed by atoms with Crippen LogP contribution in [0.25, 0.3) is 5.57 Å². The second-order valence-corrected chi connectivity index (χ2v) is 3.26. The van der Waals surface area contributed by atoms with Crippen LogP contribution in [0, 0.1) is 0 Å². The summed E-state index contributed by atoms with van der Waals surface area (Å²) in [6.45, 7) is 3.82. The molecule has 0 N–H and O–H groups in total. The molecule has 70 valence electrons. The van der Waals surface area contributed by atoms with Gasteiger partial charge in [-0.15, -0.1) is 11.6 Å². The van der Waals surface area contributed by atoms with E-state index in [2.05, 4.69) is 6.58 Å². The van der Waals surface area contributed by atoms with Crippen molar-refractivity contribution in [2.24, 2.45) is 0 Å². The molecule has 0 fully saturated rings. The molecule has 3 heteroatoms. The Labute approximate surface area is 87.9 Å². The van der Waals surface area contributed by atoms with Crippen LogP contribution < -0.4 is 4.74 Å². The van der Waals surface area contributed by atoms with Gasteiger partial charge in [-0.3, -0.25) is 0 Å². The van der Waals surface area contributed by atoms with Crippen molar-refractivity contribution in [3.8, 4) is 5.75 Å². The Morgan fingerprint density at radius 3 is 2.77 bits per heavy atom. The topological polar surface area (TPSA) is 9.23 Å². The first kappa shape index (κ1) is 10.4. The lowest BCUT2D eigenvalue weighted by Gasteiger charge is -2.06. The van der Waals surface area contributed by atoms with E-state index in [-0.39, 0.29) is 0 Å². The van der Waals surface area contributed by atoms with Crippen LogP contribution in [0.1, 0.15) is 5.56 Å². The highest BCUT2D eigenvalue weighted by Crippen LogP contribution is 2.27. The minimum absolute atomic E-state index is 0.408. The first-order valence-electron chi connectivity index (χ1n) is 3.76. The van der Waals surface area contributed by atoms with Gasteiger partial charge in [-0.2, -0.15) is 0 Å². The van der Waals surface area contributed by atoms with E-state index in [1.807, 2.05) is 12.1 Å². The normalized spacial score (nSPS) is 9.77. The van der Waals surface area contributed by atoms with Crippen molar-refractivity contribution in [2.75, 3.05) is 13.0 Å². The highest BCUT2D eigenvalue weighted by Gasteiger charge is 2.03. The smallest absolute Gasteiger partial charge is 0.138 e. The monoisotopic (exact) mass is 216 g/mol. The molecule has 0 aliphatic heterocycles. The van der Waals surface area contributed by atoms with E-state index in [0.717, 1.165) is 11.1 Å². The molecule has 0 heterocycles. The molecule has 13 heavy (non-hydrogen) atoms. The number of ether oxygens (including phenoxy) is 1. The summed E-state index contributed by atoms with van der Waals surface area (Å²) in [5.74, 6) is 1.05. The quantitative estimate of drug-likeness (QED) is 0.703. The zero-order chi connectivity index (χ0) is 9.84. The van der Waals surface area contributed by atoms with Crippen molar-refractivity contribution in [2.45, 2.75) is 0 Å². The fraction of sp³-hybridized carbons (Fsp3) is 0.200. The maximum absolute atomic E-state index is 5.86. The Hall–Kier alpha value is -0.660. The fourth-order valence-corrected chi connectivity index (χ4v) is 1.31. The number of alkyl halides is 1. The summed E-state index contributed by atoms with van der Waals surface area (Å²) in [7, 11) is 1.58. The zero-order valence-electron chi connectivity index (χ0n) is 7.31. The number of halogens is 2. The third-order valence-corrected chi connectivity index (χ3v) is 2.36. The molecule has 0 radical (unpaired) electrons. The van der Waals surface area contributed by atoms with E-state index in [1.165, 1.54) is 0 Å². The van der Waals surface area contributed by atoms with Crippen LogP contribution in [0.5, 0.6) is 5.75 Å². The van der Waals surface area contributed by atoms with Gasteiger partial charge < -0.3 is 4.74 Å². The van der Waals surface area contributed by atoms with Gasteiger partial charge in [0.1, 0.15) is 5.75 Å². The molecule has 0 spiro atoms. The molecular formula is C10H10Cl2O. The summed E-state index contributed by atoms with van der Waals surface area (Å²) in [5.41, 5.74) is 1.81. The number of methoxy groups -OCH3 is 1. The van der Waals surface area contributed by atoms with Crippen LogP contribution in [-0.4, -0.2) is 13.0 Å². The summed E-state index contributed by atoms with van der Waals surface area (Å²) in [6, 6.07) is 5.47. The van der Waals surface area contributed by atoms with E-state index in [9.17, 15) is 0 Å². The van der Waals surface area contributed by atoms with Crippen LogP contribution in [-0.2, 0) is 0 Å². The lowest BCUT2D eigenvalue weighted by atomic mass is 10.1. The molecule has 1 aromatic rings. The van der Waals surface area contributed by atoms with E-state index in [0.29, 0.717) is 16.7 Å². The maximum Gasteiger partial charge on any atom is 0.138 e. The number of rotatable bonds is 3. The summed E-state index contributed by atoms with van der Waals surface area (Å²) in [6.07, 6.45) is 0. The van der Waals surface area contributed by atoms with Gasteiger partial charge in [0.15, 0.2) is 0 Å². The van der Waals surface area contributed by atoms with Gasteiger partial charge in [0.05, 0.1) is 12.1 Å². The van der Waals surface area contributed by atoms with Crippen molar-refractivity contribution in [3.05, 3.63) is 35.4 Å². The molecule has 0 aliphatic rings. The number of allylic oxidation sites excluding steroid dienone is 1. The summed E-state index contributed by atoms with van der Waals surface area (Å²) in [4.78, 5) is 0. The summed E-state index contributed by atoms with van der Waals surface area (Å²) >= 11 is 11.5. The van der Waals surface area contributed by atoms with Crippen molar-refractivity contribution < 1.29 is 4.74 Å². The molecule has 0 aromatic heterocycles. The molecule has 1 rings (SSSR count). The standard InChI is InChI=1S/C10H10Cl2O/c1-7(6-11)8-3-4-9(12)10(5-8)13-2/h3-5H,1,6H2,2H3. The Balaban J connectivity index is 3.06. The van der Waals surface area contributed by atoms with E-state index >= 15 is 0 Å². The molecule has 0 amide bonds. The van der Waals surface area contributed by atoms with Crippen molar-refractivity contribution in [3.63, 3.8) is 0 Å². The maximum atomic E-state index is 5.86. The third kappa shape index (κ3) is 2.39. The molecule has 0 saturated heterocycles. The van der Waals surface area contributed by atoms with Gasteiger partial charge in [-0.05, 0) is 23.3 Å². The minimum Gasteiger partial charge on any atom is -0.495 e. The van der Waals surface area contributed by atoms with E-state index in [1.54, 1.807) is 13.2 Å². The SMILES string of the molecule is C=C(CCl)c1ccc(Cl)c(OC)c1. The molecule has 0 atom stereocenters. The Bertz CT molecular complexity index is 321. The number of benzene rings is 1. The highest BCUT2D eigenvalue weighted by atomic mass is 35.5. The molecule has 1 aromatic carbocycles. The zero-order valence-corrected chi connectivity index (χ0v) is 8.82. The van der Waals surface area contributed by atoms with E-state index in [4.69, 9.17) is 27.9 Å². The number of hydrogen-bond acceptors (Lipinski definition) is 1. The first-order chi connectivity index (χ1) is 6.19. The van der Waals surface area contributed by atoms with Gasteiger partial charge >= 0.3 is 0 Å². The lowest BCUT2D eigenvalue weighted by molar-refractivity contribution is 0.415. The van der Waals surface area contributed by atoms with Crippen LogP contribution >= 0.6 is 23.2 Å². The second kappa shape index (κ2) is 4.54. The second-order valence-electron chi connectivity index (χ2n) is 2.59.